The molecule has 0 nitrogen and oxygen atoms in total. The van der Waals surface area contributed by atoms with Crippen LogP contribution in [0.5, 0.6) is 0 Å². The summed E-state index contributed by atoms with van der Waals surface area (Å²) in [5.41, 5.74) is 1.47. The van der Waals surface area contributed by atoms with Crippen molar-refractivity contribution in [1.29, 1.82) is 0 Å². The lowest BCUT2D eigenvalue weighted by atomic mass is 9.77. The van der Waals surface area contributed by atoms with E-state index in [0.717, 1.165) is 17.1 Å². The van der Waals surface area contributed by atoms with E-state index in [1.165, 1.54) is 44.1 Å². The van der Waals surface area contributed by atoms with Gasteiger partial charge in [0.2, 0.25) is 0 Å². The molecule has 100 valence electrons. The molecule has 0 radical (unpaired) electrons. The molecule has 18 heavy (non-hydrogen) atoms. The predicted molar refractivity (Wildman–Crippen MR) is 84.3 cm³/mol. The Kier molecular flexibility index (Phi) is 5.80. The maximum absolute atomic E-state index is 5.93. The van der Waals surface area contributed by atoms with Crippen LogP contribution in [0, 0.1) is 5.92 Å². The standard InChI is InChI=1S/C15H21Cl2P/c1-2-3-12-4-6-13(7-5-12)14-8-10-15(11-9-14)18(16)17/h8-13H,2-7H2,1H3. The van der Waals surface area contributed by atoms with E-state index in [9.17, 15) is 0 Å². The Morgan fingerprint density at radius 2 is 1.67 bits per heavy atom. The highest BCUT2D eigenvalue weighted by Gasteiger charge is 2.21. The highest BCUT2D eigenvalue weighted by molar-refractivity contribution is 8.08. The minimum atomic E-state index is -0.993. The molecular formula is C15H21Cl2P. The summed E-state index contributed by atoms with van der Waals surface area (Å²) in [6.45, 7) is 1.30. The van der Waals surface area contributed by atoms with Crippen molar-refractivity contribution in [2.24, 2.45) is 5.92 Å². The molecule has 0 bridgehead atoms. The van der Waals surface area contributed by atoms with Gasteiger partial charge in [-0.2, -0.15) is 0 Å². The fraction of sp³-hybridized carbons (Fsp3) is 0.600. The maximum atomic E-state index is 5.93. The Balaban J connectivity index is 1.93. The van der Waals surface area contributed by atoms with Crippen LogP contribution in [-0.2, 0) is 0 Å². The topological polar surface area (TPSA) is 0 Å². The molecule has 1 aliphatic carbocycles. The first kappa shape index (κ1) is 14.6. The van der Waals surface area contributed by atoms with E-state index in [1.54, 1.807) is 0 Å². The van der Waals surface area contributed by atoms with Crippen molar-refractivity contribution < 1.29 is 0 Å². The predicted octanol–water partition coefficient (Wildman–Crippen LogP) is 6.18. The second-order valence-corrected chi connectivity index (χ2v) is 8.86. The Morgan fingerprint density at radius 3 is 2.17 bits per heavy atom. The van der Waals surface area contributed by atoms with Gasteiger partial charge in [0.1, 0.15) is 6.63 Å². The van der Waals surface area contributed by atoms with Gasteiger partial charge in [-0.25, -0.2) is 0 Å². The molecule has 1 saturated carbocycles. The van der Waals surface area contributed by atoms with E-state index >= 15 is 0 Å². The smallest absolute Gasteiger partial charge is 0.0727 e. The fourth-order valence-electron chi connectivity index (χ4n) is 3.05. The van der Waals surface area contributed by atoms with Crippen LogP contribution in [0.3, 0.4) is 0 Å². The summed E-state index contributed by atoms with van der Waals surface area (Å²) in [6, 6.07) is 8.64. The molecule has 1 aliphatic rings. The summed E-state index contributed by atoms with van der Waals surface area (Å²) in [4.78, 5) is 0. The molecule has 0 atom stereocenters. The maximum Gasteiger partial charge on any atom is 0.116 e. The van der Waals surface area contributed by atoms with Crippen molar-refractivity contribution in [3.63, 3.8) is 0 Å². The van der Waals surface area contributed by atoms with E-state index in [1.807, 2.05) is 0 Å². The van der Waals surface area contributed by atoms with Crippen molar-refractivity contribution in [1.82, 2.24) is 0 Å². The third-order valence-electron chi connectivity index (χ3n) is 4.10. The van der Waals surface area contributed by atoms with E-state index in [4.69, 9.17) is 22.5 Å². The van der Waals surface area contributed by atoms with Crippen LogP contribution in [0.15, 0.2) is 24.3 Å². The van der Waals surface area contributed by atoms with Crippen LogP contribution in [0.2, 0.25) is 0 Å². The summed E-state index contributed by atoms with van der Waals surface area (Å²) >= 11 is 11.9. The first-order valence-corrected chi connectivity index (χ1v) is 10.1. The van der Waals surface area contributed by atoms with Crippen molar-refractivity contribution in [3.05, 3.63) is 29.8 Å². The minimum absolute atomic E-state index is 0.754. The Morgan fingerprint density at radius 1 is 1.06 bits per heavy atom. The zero-order valence-electron chi connectivity index (χ0n) is 10.9. The van der Waals surface area contributed by atoms with Crippen LogP contribution >= 0.6 is 29.1 Å². The van der Waals surface area contributed by atoms with Crippen molar-refractivity contribution in [2.45, 2.75) is 51.4 Å². The first-order chi connectivity index (χ1) is 8.70. The third kappa shape index (κ3) is 3.86. The monoisotopic (exact) mass is 302 g/mol. The van der Waals surface area contributed by atoms with Gasteiger partial charge in [0.25, 0.3) is 0 Å². The molecule has 1 aromatic carbocycles. The molecule has 0 unspecified atom stereocenters. The quantitative estimate of drug-likeness (QED) is 0.583. The van der Waals surface area contributed by atoms with Gasteiger partial charge in [0, 0.05) is 5.30 Å². The van der Waals surface area contributed by atoms with Crippen LogP contribution in [0.1, 0.15) is 56.9 Å². The van der Waals surface area contributed by atoms with Gasteiger partial charge in [0.05, 0.1) is 0 Å². The molecule has 0 saturated heterocycles. The summed E-state index contributed by atoms with van der Waals surface area (Å²) in [5.74, 6) is 1.73. The summed E-state index contributed by atoms with van der Waals surface area (Å²) < 4.78 is 0. The average molecular weight is 303 g/mol. The van der Waals surface area contributed by atoms with Gasteiger partial charge in [-0.1, -0.05) is 66.5 Å². The average Bonchev–Trinajstić information content (AvgIpc) is 2.40. The highest BCUT2D eigenvalue weighted by atomic mass is 35.9. The molecular weight excluding hydrogens is 282 g/mol. The molecule has 0 N–H and O–H groups in total. The molecule has 3 heteroatoms. The van der Waals surface area contributed by atoms with Crippen LogP contribution in [0.25, 0.3) is 0 Å². The Labute approximate surface area is 121 Å². The van der Waals surface area contributed by atoms with E-state index in [2.05, 4.69) is 31.2 Å². The largest absolute Gasteiger partial charge is 0.116 e. The lowest BCUT2D eigenvalue weighted by molar-refractivity contribution is 0.308. The highest BCUT2D eigenvalue weighted by Crippen LogP contribution is 2.45. The van der Waals surface area contributed by atoms with Gasteiger partial charge in [-0.05, 0) is 43.1 Å². The number of rotatable bonds is 4. The van der Waals surface area contributed by atoms with Crippen molar-refractivity contribution >= 4 is 34.4 Å². The van der Waals surface area contributed by atoms with Gasteiger partial charge in [-0.15, -0.1) is 0 Å². The van der Waals surface area contributed by atoms with Crippen molar-refractivity contribution in [3.8, 4) is 0 Å². The molecule has 0 aliphatic heterocycles. The van der Waals surface area contributed by atoms with Gasteiger partial charge >= 0.3 is 0 Å². The number of hydrogen-bond donors (Lipinski definition) is 0. The normalized spacial score (nSPS) is 24.4. The number of hydrogen-bond acceptors (Lipinski definition) is 0. The van der Waals surface area contributed by atoms with Crippen LogP contribution in [0.4, 0.5) is 0 Å². The molecule has 0 heterocycles. The second-order valence-electron chi connectivity index (χ2n) is 5.33. The lowest BCUT2D eigenvalue weighted by Gasteiger charge is -2.28. The Hall–Kier alpha value is 0.230. The third-order valence-corrected chi connectivity index (χ3v) is 5.96. The molecule has 1 aromatic rings. The minimum Gasteiger partial charge on any atom is -0.0727 e. The number of benzene rings is 1. The zero-order valence-corrected chi connectivity index (χ0v) is 13.3. The molecule has 0 aromatic heterocycles. The SMILES string of the molecule is CCCC1CCC(c2ccc(P(Cl)Cl)cc2)CC1. The van der Waals surface area contributed by atoms with E-state index in [0.29, 0.717) is 0 Å². The summed E-state index contributed by atoms with van der Waals surface area (Å²) in [6.07, 6.45) is 8.24. The second kappa shape index (κ2) is 7.13. The van der Waals surface area contributed by atoms with Gasteiger partial charge in [-0.3, -0.25) is 0 Å². The summed E-state index contributed by atoms with van der Waals surface area (Å²) in [7, 11) is 0. The molecule has 0 spiro atoms. The van der Waals surface area contributed by atoms with Crippen LogP contribution in [-0.4, -0.2) is 0 Å². The Bertz CT molecular complexity index is 353. The zero-order chi connectivity index (χ0) is 13.0. The first-order valence-electron chi connectivity index (χ1n) is 6.92. The number of halogens is 2. The lowest BCUT2D eigenvalue weighted by Crippen LogP contribution is -2.13. The van der Waals surface area contributed by atoms with E-state index < -0.39 is 6.63 Å². The van der Waals surface area contributed by atoms with Gasteiger partial charge < -0.3 is 0 Å². The fourth-order valence-corrected chi connectivity index (χ4v) is 4.10. The molecule has 2 rings (SSSR count). The molecule has 0 amide bonds. The van der Waals surface area contributed by atoms with Gasteiger partial charge in [0.15, 0.2) is 0 Å². The van der Waals surface area contributed by atoms with Crippen molar-refractivity contribution in [2.75, 3.05) is 0 Å². The molecule has 1 fully saturated rings. The summed E-state index contributed by atoms with van der Waals surface area (Å²) in [5, 5.41) is 1.07. The van der Waals surface area contributed by atoms with E-state index in [-0.39, 0.29) is 0 Å². The van der Waals surface area contributed by atoms with Crippen LogP contribution < -0.4 is 5.30 Å².